The zero-order valence-corrected chi connectivity index (χ0v) is 19.0. The highest BCUT2D eigenvalue weighted by Crippen LogP contribution is 2.54. The fraction of sp³-hybridized carbons (Fsp3) is 0.481. The third-order valence-corrected chi connectivity index (χ3v) is 7.38. The van der Waals surface area contributed by atoms with Crippen molar-refractivity contribution in [1.29, 1.82) is 0 Å². The van der Waals surface area contributed by atoms with Crippen LogP contribution >= 0.6 is 0 Å². The average molecular weight is 398 g/mol. The highest BCUT2D eigenvalue weighted by Gasteiger charge is 2.37. The first-order chi connectivity index (χ1) is 14.1. The zero-order chi connectivity index (χ0) is 21.0. The maximum atomic E-state index is 5.25. The molecule has 0 saturated heterocycles. The molecule has 2 heterocycles. The Balaban J connectivity index is 1.74. The van der Waals surface area contributed by atoms with Gasteiger partial charge < -0.3 is 0 Å². The second-order valence-electron chi connectivity index (χ2n) is 11.6. The molecular formula is C27H31N3. The lowest BCUT2D eigenvalue weighted by Gasteiger charge is -2.22. The van der Waals surface area contributed by atoms with E-state index < -0.39 is 0 Å². The molecule has 0 N–H and O–H groups in total. The fourth-order valence-corrected chi connectivity index (χ4v) is 5.76. The summed E-state index contributed by atoms with van der Waals surface area (Å²) in [5, 5.41) is 1.21. The van der Waals surface area contributed by atoms with E-state index in [1.54, 1.807) is 11.1 Å². The molecule has 2 atom stereocenters. The lowest BCUT2D eigenvalue weighted by Crippen LogP contribution is -2.19. The monoisotopic (exact) mass is 397 g/mol. The summed E-state index contributed by atoms with van der Waals surface area (Å²) in [6.07, 6.45) is 4.03. The number of benzene rings is 2. The van der Waals surface area contributed by atoms with E-state index in [1.807, 2.05) is 0 Å². The van der Waals surface area contributed by atoms with E-state index in [-0.39, 0.29) is 10.8 Å². The second kappa shape index (κ2) is 5.63. The van der Waals surface area contributed by atoms with Gasteiger partial charge >= 0.3 is 0 Å². The third kappa shape index (κ3) is 2.44. The van der Waals surface area contributed by atoms with Crippen LogP contribution in [-0.2, 0) is 10.8 Å². The fourth-order valence-electron chi connectivity index (χ4n) is 5.76. The van der Waals surface area contributed by atoms with Gasteiger partial charge in [0.05, 0.1) is 16.6 Å². The number of nitrogens with zero attached hydrogens (tertiary/aromatic N) is 3. The average Bonchev–Trinajstić information content (AvgIpc) is 3.37. The number of rotatable bonds is 0. The summed E-state index contributed by atoms with van der Waals surface area (Å²) < 4.78 is 2.32. The third-order valence-electron chi connectivity index (χ3n) is 7.38. The van der Waals surface area contributed by atoms with Crippen molar-refractivity contribution in [2.45, 2.75) is 83.5 Å². The molecule has 1 saturated carbocycles. The van der Waals surface area contributed by atoms with Crippen molar-refractivity contribution >= 4 is 27.6 Å². The van der Waals surface area contributed by atoms with Crippen LogP contribution in [0.2, 0.25) is 0 Å². The minimum absolute atomic E-state index is 0.0687. The van der Waals surface area contributed by atoms with E-state index in [1.165, 1.54) is 35.7 Å². The van der Waals surface area contributed by atoms with Crippen molar-refractivity contribution in [2.75, 3.05) is 0 Å². The van der Waals surface area contributed by atoms with Gasteiger partial charge in [-0.2, -0.15) is 0 Å². The standard InChI is InChI=1S/C27H31N3/c1-26(2,3)17-9-10-23-22(12-17)28-24-20-13-18-15-7-8-16(11-15)19(18)14-21(20)29-25(30(23)24)27(4,5)6/h9-10,12-16H,7-8,11H2,1-6H3. The van der Waals surface area contributed by atoms with Crippen LogP contribution in [0.3, 0.4) is 0 Å². The maximum absolute atomic E-state index is 5.25. The topological polar surface area (TPSA) is 30.2 Å². The normalized spacial score (nSPS) is 21.3. The van der Waals surface area contributed by atoms with Crippen LogP contribution in [0.15, 0.2) is 30.3 Å². The Labute approximate surface area is 178 Å². The number of imidazole rings is 1. The highest BCUT2D eigenvalue weighted by molar-refractivity contribution is 5.97. The van der Waals surface area contributed by atoms with Crippen molar-refractivity contribution in [1.82, 2.24) is 14.4 Å². The summed E-state index contributed by atoms with van der Waals surface area (Å²) in [5.74, 6) is 2.59. The van der Waals surface area contributed by atoms with Gasteiger partial charge in [-0.1, -0.05) is 47.6 Å². The Kier molecular flexibility index (Phi) is 3.45. The summed E-state index contributed by atoms with van der Waals surface area (Å²) in [4.78, 5) is 10.5. The molecule has 30 heavy (non-hydrogen) atoms. The van der Waals surface area contributed by atoms with Gasteiger partial charge in [0.1, 0.15) is 11.5 Å². The van der Waals surface area contributed by atoms with Crippen LogP contribution in [-0.4, -0.2) is 14.4 Å². The van der Waals surface area contributed by atoms with E-state index in [4.69, 9.17) is 9.97 Å². The summed E-state index contributed by atoms with van der Waals surface area (Å²) in [5.41, 5.74) is 8.91. The van der Waals surface area contributed by atoms with Crippen molar-refractivity contribution in [2.24, 2.45) is 0 Å². The molecule has 0 aliphatic heterocycles. The molecule has 3 heteroatoms. The molecule has 154 valence electrons. The first kappa shape index (κ1) is 18.4. The SMILES string of the molecule is CC(C)(C)c1ccc2c(c1)nc1c3cc4c(cc3nc(C(C)(C)C)n21)C1CCC4C1. The first-order valence-corrected chi connectivity index (χ1v) is 11.4. The summed E-state index contributed by atoms with van der Waals surface area (Å²) in [6.45, 7) is 13.6. The predicted molar refractivity (Wildman–Crippen MR) is 125 cm³/mol. The molecule has 2 aliphatic rings. The van der Waals surface area contributed by atoms with Crippen LogP contribution < -0.4 is 0 Å². The number of fused-ring (bicyclic) bond motifs is 10. The Bertz CT molecular complexity index is 1340. The minimum atomic E-state index is -0.0687. The number of hydrogen-bond donors (Lipinski definition) is 0. The Hall–Kier alpha value is -2.42. The molecule has 2 aromatic heterocycles. The molecule has 4 aromatic rings. The molecule has 2 aromatic carbocycles. The Morgan fingerprint density at radius 2 is 1.50 bits per heavy atom. The molecule has 2 unspecified atom stereocenters. The second-order valence-corrected chi connectivity index (χ2v) is 11.6. The van der Waals surface area contributed by atoms with Crippen molar-refractivity contribution < 1.29 is 0 Å². The van der Waals surface area contributed by atoms with E-state index >= 15 is 0 Å². The van der Waals surface area contributed by atoms with Gasteiger partial charge in [0.15, 0.2) is 0 Å². The molecule has 0 amide bonds. The number of aromatic nitrogens is 3. The molecule has 0 radical (unpaired) electrons. The molecule has 6 rings (SSSR count). The first-order valence-electron chi connectivity index (χ1n) is 11.4. The Morgan fingerprint density at radius 1 is 0.800 bits per heavy atom. The van der Waals surface area contributed by atoms with E-state index in [9.17, 15) is 0 Å². The summed E-state index contributed by atoms with van der Waals surface area (Å²) in [7, 11) is 0. The van der Waals surface area contributed by atoms with Gasteiger partial charge in [0, 0.05) is 10.8 Å². The van der Waals surface area contributed by atoms with Gasteiger partial charge in [-0.3, -0.25) is 4.40 Å². The molecule has 0 spiro atoms. The van der Waals surface area contributed by atoms with E-state index in [0.717, 1.165) is 34.3 Å². The summed E-state index contributed by atoms with van der Waals surface area (Å²) in [6, 6.07) is 11.6. The predicted octanol–water partition coefficient (Wildman–Crippen LogP) is 7.00. The Morgan fingerprint density at radius 3 is 2.17 bits per heavy atom. The van der Waals surface area contributed by atoms with E-state index in [2.05, 4.69) is 76.3 Å². The molecular weight excluding hydrogens is 366 g/mol. The van der Waals surface area contributed by atoms with Crippen LogP contribution in [0.1, 0.15) is 95.2 Å². The molecule has 3 nitrogen and oxygen atoms in total. The van der Waals surface area contributed by atoms with Gasteiger partial charge in [0.25, 0.3) is 0 Å². The molecule has 1 fully saturated rings. The van der Waals surface area contributed by atoms with Crippen LogP contribution in [0.5, 0.6) is 0 Å². The van der Waals surface area contributed by atoms with Crippen LogP contribution in [0.25, 0.3) is 27.6 Å². The lowest BCUT2D eigenvalue weighted by molar-refractivity contribution is 0.542. The largest absolute Gasteiger partial charge is 0.279 e. The van der Waals surface area contributed by atoms with Crippen molar-refractivity contribution in [3.05, 3.63) is 52.8 Å². The van der Waals surface area contributed by atoms with Crippen molar-refractivity contribution in [3.63, 3.8) is 0 Å². The zero-order valence-electron chi connectivity index (χ0n) is 19.0. The maximum Gasteiger partial charge on any atom is 0.148 e. The quantitative estimate of drug-likeness (QED) is 0.320. The van der Waals surface area contributed by atoms with Gasteiger partial charge in [-0.05, 0) is 77.5 Å². The van der Waals surface area contributed by atoms with E-state index in [0.29, 0.717) is 0 Å². The van der Waals surface area contributed by atoms with Gasteiger partial charge in [-0.15, -0.1) is 0 Å². The minimum Gasteiger partial charge on any atom is -0.279 e. The highest BCUT2D eigenvalue weighted by atomic mass is 15.1. The molecule has 2 bridgehead atoms. The van der Waals surface area contributed by atoms with Crippen LogP contribution in [0.4, 0.5) is 0 Å². The van der Waals surface area contributed by atoms with Gasteiger partial charge in [0.2, 0.25) is 0 Å². The summed E-state index contributed by atoms with van der Waals surface area (Å²) >= 11 is 0. The lowest BCUT2D eigenvalue weighted by atomic mass is 9.87. The smallest absolute Gasteiger partial charge is 0.148 e. The van der Waals surface area contributed by atoms with Gasteiger partial charge in [-0.25, -0.2) is 9.97 Å². The number of hydrogen-bond acceptors (Lipinski definition) is 2. The van der Waals surface area contributed by atoms with Crippen molar-refractivity contribution in [3.8, 4) is 0 Å². The van der Waals surface area contributed by atoms with Crippen LogP contribution in [0, 0.1) is 0 Å². The molecule has 2 aliphatic carbocycles.